The van der Waals surface area contributed by atoms with Crippen LogP contribution in [0.25, 0.3) is 0 Å². The molecule has 112 valence electrons. The van der Waals surface area contributed by atoms with Crippen LogP contribution in [-0.4, -0.2) is 23.8 Å². The van der Waals surface area contributed by atoms with E-state index in [1.807, 2.05) is 0 Å². The summed E-state index contributed by atoms with van der Waals surface area (Å²) < 4.78 is 4.69. The summed E-state index contributed by atoms with van der Waals surface area (Å²) in [6.45, 7) is 2.75. The molecule has 3 heteroatoms. The van der Waals surface area contributed by atoms with Crippen molar-refractivity contribution < 1.29 is 14.6 Å². The largest absolute Gasteiger partial charge is 0.464 e. The lowest BCUT2D eigenvalue weighted by molar-refractivity contribution is -0.170. The van der Waals surface area contributed by atoms with Crippen LogP contribution in [0.2, 0.25) is 0 Å². The smallest absolute Gasteiger partial charge is 0.312 e. The van der Waals surface area contributed by atoms with Crippen molar-refractivity contribution >= 4 is 5.97 Å². The molecule has 19 heavy (non-hydrogen) atoms. The lowest BCUT2D eigenvalue weighted by Crippen LogP contribution is -2.37. The Morgan fingerprint density at radius 2 is 1.68 bits per heavy atom. The van der Waals surface area contributed by atoms with Crippen molar-refractivity contribution in [3.05, 3.63) is 0 Å². The van der Waals surface area contributed by atoms with Crippen LogP contribution in [-0.2, 0) is 9.53 Å². The van der Waals surface area contributed by atoms with E-state index in [4.69, 9.17) is 4.74 Å². The average molecular weight is 270 g/mol. The summed E-state index contributed by atoms with van der Waals surface area (Å²) in [5.74, 6) is -0.167. The zero-order valence-electron chi connectivity index (χ0n) is 12.4. The Kier molecular flexibility index (Phi) is 8.89. The molecule has 1 aliphatic rings. The van der Waals surface area contributed by atoms with Crippen molar-refractivity contribution in [2.24, 2.45) is 5.92 Å². The second kappa shape index (κ2) is 10.2. The maximum absolute atomic E-state index is 11.0. The molecule has 0 aromatic carbocycles. The number of carbonyl (C=O) groups excluding carboxylic acids is 1. The number of rotatable bonds is 12. The van der Waals surface area contributed by atoms with Crippen LogP contribution >= 0.6 is 0 Å². The molecular formula is C16H30O3. The maximum Gasteiger partial charge on any atom is 0.312 e. The predicted octanol–water partition coefficient (Wildman–Crippen LogP) is 3.83. The van der Waals surface area contributed by atoms with Gasteiger partial charge < -0.3 is 9.84 Å². The van der Waals surface area contributed by atoms with E-state index in [1.54, 1.807) is 0 Å². The van der Waals surface area contributed by atoms with Crippen molar-refractivity contribution in [2.75, 3.05) is 6.61 Å². The molecular weight excluding hydrogens is 240 g/mol. The number of carbonyl (C=O) groups is 1. The van der Waals surface area contributed by atoms with Gasteiger partial charge in [0.2, 0.25) is 0 Å². The first kappa shape index (κ1) is 16.5. The molecule has 0 radical (unpaired) electrons. The fourth-order valence-electron chi connectivity index (χ4n) is 2.57. The van der Waals surface area contributed by atoms with Crippen LogP contribution in [0.4, 0.5) is 0 Å². The quantitative estimate of drug-likeness (QED) is 0.433. The van der Waals surface area contributed by atoms with Gasteiger partial charge in [-0.1, -0.05) is 64.7 Å². The summed E-state index contributed by atoms with van der Waals surface area (Å²) in [7, 11) is 0. The molecule has 0 saturated carbocycles. The van der Waals surface area contributed by atoms with Gasteiger partial charge >= 0.3 is 5.97 Å². The predicted molar refractivity (Wildman–Crippen MR) is 76.9 cm³/mol. The molecule has 1 saturated heterocycles. The van der Waals surface area contributed by atoms with Gasteiger partial charge in [0.1, 0.15) is 6.61 Å². The third-order valence-electron chi connectivity index (χ3n) is 3.96. The minimum Gasteiger partial charge on any atom is -0.464 e. The van der Waals surface area contributed by atoms with Gasteiger partial charge in [0.05, 0.1) is 12.0 Å². The van der Waals surface area contributed by atoms with E-state index in [2.05, 4.69) is 6.92 Å². The van der Waals surface area contributed by atoms with Gasteiger partial charge in [-0.3, -0.25) is 4.79 Å². The van der Waals surface area contributed by atoms with Crippen molar-refractivity contribution in [1.82, 2.24) is 0 Å². The number of cyclic esters (lactones) is 1. The first-order valence-corrected chi connectivity index (χ1v) is 8.08. The SMILES string of the molecule is CCCCCCCCCCC[C@@H](O)CC1COC1=O. The second-order valence-electron chi connectivity index (χ2n) is 5.83. The second-order valence-corrected chi connectivity index (χ2v) is 5.83. The number of aliphatic hydroxyl groups excluding tert-OH is 1. The highest BCUT2D eigenvalue weighted by molar-refractivity contribution is 5.77. The lowest BCUT2D eigenvalue weighted by Gasteiger charge is -2.26. The molecule has 0 aromatic heterocycles. The number of esters is 1. The molecule has 1 unspecified atom stereocenters. The molecule has 0 aromatic rings. The van der Waals surface area contributed by atoms with E-state index in [-0.39, 0.29) is 18.0 Å². The summed E-state index contributed by atoms with van der Waals surface area (Å²) in [5.41, 5.74) is 0. The zero-order valence-corrected chi connectivity index (χ0v) is 12.4. The number of hydrogen-bond acceptors (Lipinski definition) is 3. The van der Waals surface area contributed by atoms with Crippen molar-refractivity contribution in [3.63, 3.8) is 0 Å². The van der Waals surface area contributed by atoms with Gasteiger partial charge in [-0.05, 0) is 12.8 Å². The standard InChI is InChI=1S/C16H30O3/c1-2-3-4-5-6-7-8-9-10-11-15(17)12-14-13-19-16(14)18/h14-15,17H,2-13H2,1H3/t14?,15-/m1/s1. The number of unbranched alkanes of at least 4 members (excludes halogenated alkanes) is 8. The molecule has 1 N–H and O–H groups in total. The van der Waals surface area contributed by atoms with E-state index in [9.17, 15) is 9.90 Å². The van der Waals surface area contributed by atoms with Crippen LogP contribution in [0, 0.1) is 5.92 Å². The maximum atomic E-state index is 11.0. The van der Waals surface area contributed by atoms with Crippen molar-refractivity contribution in [1.29, 1.82) is 0 Å². The van der Waals surface area contributed by atoms with Gasteiger partial charge in [-0.2, -0.15) is 0 Å². The third-order valence-corrected chi connectivity index (χ3v) is 3.96. The summed E-state index contributed by atoms with van der Waals surface area (Å²) >= 11 is 0. The van der Waals surface area contributed by atoms with E-state index in [0.717, 1.165) is 12.8 Å². The Morgan fingerprint density at radius 3 is 2.16 bits per heavy atom. The first-order chi connectivity index (χ1) is 9.24. The van der Waals surface area contributed by atoms with Crippen LogP contribution in [0.5, 0.6) is 0 Å². The molecule has 1 fully saturated rings. The number of ether oxygens (including phenoxy) is 1. The van der Waals surface area contributed by atoms with E-state index in [1.165, 1.54) is 51.4 Å². The van der Waals surface area contributed by atoms with E-state index >= 15 is 0 Å². The number of aliphatic hydroxyl groups is 1. The Balaban J connectivity index is 1.81. The Morgan fingerprint density at radius 1 is 1.11 bits per heavy atom. The monoisotopic (exact) mass is 270 g/mol. The van der Waals surface area contributed by atoms with Gasteiger partial charge in [-0.25, -0.2) is 0 Å². The molecule has 0 spiro atoms. The minimum atomic E-state index is -0.317. The molecule has 1 aliphatic heterocycles. The van der Waals surface area contributed by atoms with Crippen molar-refractivity contribution in [3.8, 4) is 0 Å². The Bertz CT molecular complexity index is 240. The molecule has 0 aliphatic carbocycles. The first-order valence-electron chi connectivity index (χ1n) is 8.08. The van der Waals surface area contributed by atoms with Crippen molar-refractivity contribution in [2.45, 2.75) is 83.7 Å². The summed E-state index contributed by atoms with van der Waals surface area (Å²) in [4.78, 5) is 11.0. The average Bonchev–Trinajstić information content (AvgIpc) is 2.41. The molecule has 1 rings (SSSR count). The minimum absolute atomic E-state index is 0.0337. The van der Waals surface area contributed by atoms with E-state index < -0.39 is 0 Å². The normalized spacial score (nSPS) is 19.9. The zero-order chi connectivity index (χ0) is 13.9. The van der Waals surface area contributed by atoms with Gasteiger partial charge in [0.25, 0.3) is 0 Å². The van der Waals surface area contributed by atoms with Gasteiger partial charge in [0, 0.05) is 0 Å². The lowest BCUT2D eigenvalue weighted by atomic mass is 9.96. The van der Waals surface area contributed by atoms with Gasteiger partial charge in [0.15, 0.2) is 0 Å². The topological polar surface area (TPSA) is 46.5 Å². The van der Waals surface area contributed by atoms with E-state index in [0.29, 0.717) is 13.0 Å². The fraction of sp³-hybridized carbons (Fsp3) is 0.938. The number of hydrogen-bond donors (Lipinski definition) is 1. The van der Waals surface area contributed by atoms with Crippen LogP contribution < -0.4 is 0 Å². The summed E-state index contributed by atoms with van der Waals surface area (Å²) in [5, 5.41) is 9.79. The molecule has 0 amide bonds. The summed E-state index contributed by atoms with van der Waals surface area (Å²) in [6, 6.07) is 0. The Labute approximate surface area is 117 Å². The van der Waals surface area contributed by atoms with Crippen LogP contribution in [0.15, 0.2) is 0 Å². The highest BCUT2D eigenvalue weighted by Crippen LogP contribution is 2.21. The summed E-state index contributed by atoms with van der Waals surface area (Å²) in [6.07, 6.45) is 12.8. The third kappa shape index (κ3) is 7.56. The highest BCUT2D eigenvalue weighted by atomic mass is 16.6. The van der Waals surface area contributed by atoms with Gasteiger partial charge in [-0.15, -0.1) is 0 Å². The molecule has 1 heterocycles. The molecule has 2 atom stereocenters. The molecule has 0 bridgehead atoms. The van der Waals surface area contributed by atoms with Crippen LogP contribution in [0.3, 0.4) is 0 Å². The van der Waals surface area contributed by atoms with Crippen LogP contribution in [0.1, 0.15) is 77.6 Å². The highest BCUT2D eigenvalue weighted by Gasteiger charge is 2.32. The molecule has 3 nitrogen and oxygen atoms in total. The Hall–Kier alpha value is -0.570. The fourth-order valence-corrected chi connectivity index (χ4v) is 2.57.